The third-order valence-corrected chi connectivity index (χ3v) is 3.15. The molecule has 0 aliphatic heterocycles. The van der Waals surface area contributed by atoms with Gasteiger partial charge in [-0.3, -0.25) is 4.79 Å². The maximum Gasteiger partial charge on any atom is 0.250 e. The van der Waals surface area contributed by atoms with Gasteiger partial charge in [0.25, 0.3) is 5.56 Å². The van der Waals surface area contributed by atoms with Crippen LogP contribution in [0.1, 0.15) is 0 Å². The van der Waals surface area contributed by atoms with Gasteiger partial charge >= 0.3 is 0 Å². The number of nitrogens with two attached hydrogens (primary N) is 1. The average Bonchev–Trinajstić information content (AvgIpc) is 2.85. The number of pyridine rings is 1. The van der Waals surface area contributed by atoms with E-state index in [1.807, 2.05) is 30.3 Å². The van der Waals surface area contributed by atoms with E-state index in [-0.39, 0.29) is 5.56 Å². The quantitative estimate of drug-likeness (QED) is 0.773. The molecule has 3 rings (SSSR count). The Balaban J connectivity index is 2.21. The van der Waals surface area contributed by atoms with Crippen LogP contribution in [0, 0.1) is 0 Å². The molecule has 2 heterocycles. The number of anilines is 1. The lowest BCUT2D eigenvalue weighted by atomic mass is 10.0. The number of hydrogen-bond donors (Lipinski definition) is 1. The van der Waals surface area contributed by atoms with Gasteiger partial charge in [0, 0.05) is 24.9 Å². The normalized spacial score (nSPS) is 10.7. The molecule has 0 amide bonds. The summed E-state index contributed by atoms with van der Waals surface area (Å²) >= 11 is 0. The molecule has 0 atom stereocenters. The van der Waals surface area contributed by atoms with Gasteiger partial charge in [0.1, 0.15) is 0 Å². The van der Waals surface area contributed by atoms with Crippen molar-refractivity contribution >= 4 is 5.82 Å². The molecule has 0 unspecified atom stereocenters. The molecule has 0 saturated carbocycles. The lowest BCUT2D eigenvalue weighted by Gasteiger charge is -2.03. The van der Waals surface area contributed by atoms with Crippen LogP contribution >= 0.6 is 0 Å². The van der Waals surface area contributed by atoms with Crippen LogP contribution in [0.4, 0.5) is 5.82 Å². The van der Waals surface area contributed by atoms with Crippen LogP contribution in [-0.4, -0.2) is 9.72 Å². The lowest BCUT2D eigenvalue weighted by molar-refractivity contribution is 0.436. The van der Waals surface area contributed by atoms with Crippen LogP contribution in [-0.2, 0) is 7.05 Å². The number of aromatic nitrogens is 2. The first-order valence-corrected chi connectivity index (χ1v) is 6.14. The van der Waals surface area contributed by atoms with Crippen molar-refractivity contribution in [2.24, 2.45) is 7.05 Å². The first kappa shape index (κ1) is 12.2. The van der Waals surface area contributed by atoms with E-state index in [1.54, 1.807) is 19.3 Å². The van der Waals surface area contributed by atoms with Crippen molar-refractivity contribution < 1.29 is 4.52 Å². The third kappa shape index (κ3) is 1.99. The Labute approximate surface area is 115 Å². The summed E-state index contributed by atoms with van der Waals surface area (Å²) in [6.45, 7) is 0. The molecule has 0 aliphatic rings. The van der Waals surface area contributed by atoms with E-state index >= 15 is 0 Å². The Kier molecular flexibility index (Phi) is 2.87. The molecule has 100 valence electrons. The number of benzene rings is 1. The molecule has 3 aromatic rings. The third-order valence-electron chi connectivity index (χ3n) is 3.15. The average molecular weight is 267 g/mol. The zero-order chi connectivity index (χ0) is 14.1. The molecule has 5 heteroatoms. The first-order chi connectivity index (χ1) is 9.66. The fourth-order valence-electron chi connectivity index (χ4n) is 2.07. The molecule has 0 bridgehead atoms. The zero-order valence-corrected chi connectivity index (χ0v) is 10.9. The van der Waals surface area contributed by atoms with Gasteiger partial charge in [-0.05, 0) is 11.6 Å². The van der Waals surface area contributed by atoms with Gasteiger partial charge in [0.05, 0.1) is 5.56 Å². The second-order valence-electron chi connectivity index (χ2n) is 4.50. The number of hydrogen-bond acceptors (Lipinski definition) is 4. The fraction of sp³-hybridized carbons (Fsp3) is 0.0667. The van der Waals surface area contributed by atoms with Crippen LogP contribution in [0.3, 0.4) is 0 Å². The van der Waals surface area contributed by atoms with Crippen molar-refractivity contribution in [2.45, 2.75) is 0 Å². The fourth-order valence-corrected chi connectivity index (χ4v) is 2.07. The summed E-state index contributed by atoms with van der Waals surface area (Å²) < 4.78 is 6.80. The van der Waals surface area contributed by atoms with Crippen LogP contribution in [0.25, 0.3) is 22.5 Å². The van der Waals surface area contributed by atoms with Crippen molar-refractivity contribution in [2.75, 3.05) is 5.73 Å². The summed E-state index contributed by atoms with van der Waals surface area (Å²) in [4.78, 5) is 11.7. The predicted octanol–water partition coefficient (Wildman–Crippen LogP) is 2.29. The molecule has 0 spiro atoms. The van der Waals surface area contributed by atoms with Crippen molar-refractivity contribution in [1.29, 1.82) is 0 Å². The second kappa shape index (κ2) is 4.70. The molecule has 0 saturated heterocycles. The highest BCUT2D eigenvalue weighted by Gasteiger charge is 2.17. The largest absolute Gasteiger partial charge is 0.380 e. The highest BCUT2D eigenvalue weighted by molar-refractivity contribution is 5.86. The van der Waals surface area contributed by atoms with Crippen molar-refractivity contribution in [3.8, 4) is 22.5 Å². The maximum absolute atomic E-state index is 11.7. The molecular formula is C15H13N3O2. The van der Waals surface area contributed by atoms with Gasteiger partial charge in [-0.2, -0.15) is 0 Å². The van der Waals surface area contributed by atoms with Gasteiger partial charge < -0.3 is 14.8 Å². The summed E-state index contributed by atoms with van der Waals surface area (Å²) in [7, 11) is 1.69. The topological polar surface area (TPSA) is 74.1 Å². The Morgan fingerprint density at radius 2 is 1.90 bits per heavy atom. The standard InChI is InChI=1S/C15H13N3O2/c1-18-8-7-11(9-12(18)19)14-13(15(16)17-20-14)10-5-3-2-4-6-10/h2-9H,1H3,(H2,16,17). The molecule has 0 fully saturated rings. The Bertz CT molecular complexity index is 803. The number of rotatable bonds is 2. The van der Waals surface area contributed by atoms with Crippen molar-refractivity contribution in [3.63, 3.8) is 0 Å². The van der Waals surface area contributed by atoms with E-state index in [9.17, 15) is 4.79 Å². The van der Waals surface area contributed by atoms with E-state index < -0.39 is 0 Å². The minimum Gasteiger partial charge on any atom is -0.380 e. The molecule has 5 nitrogen and oxygen atoms in total. The Hall–Kier alpha value is -2.82. The molecule has 2 N–H and O–H groups in total. The van der Waals surface area contributed by atoms with Crippen LogP contribution in [0.15, 0.2) is 58.0 Å². The zero-order valence-electron chi connectivity index (χ0n) is 10.9. The van der Waals surface area contributed by atoms with Crippen molar-refractivity contribution in [3.05, 3.63) is 59.0 Å². The highest BCUT2D eigenvalue weighted by Crippen LogP contribution is 2.35. The number of nitrogens with zero attached hydrogens (tertiary/aromatic N) is 2. The van der Waals surface area contributed by atoms with Gasteiger partial charge in [0.2, 0.25) is 0 Å². The molecule has 1 aromatic carbocycles. The van der Waals surface area contributed by atoms with Gasteiger partial charge in [0.15, 0.2) is 11.6 Å². The van der Waals surface area contributed by atoms with E-state index in [2.05, 4.69) is 5.16 Å². The monoisotopic (exact) mass is 267 g/mol. The summed E-state index contributed by atoms with van der Waals surface area (Å²) in [5, 5.41) is 3.82. The summed E-state index contributed by atoms with van der Waals surface area (Å²) in [5.41, 5.74) is 8.05. The summed E-state index contributed by atoms with van der Waals surface area (Å²) in [6, 6.07) is 12.9. The Morgan fingerprint density at radius 3 is 2.60 bits per heavy atom. The molecule has 0 radical (unpaired) electrons. The molecule has 0 aliphatic carbocycles. The maximum atomic E-state index is 11.7. The molecular weight excluding hydrogens is 254 g/mol. The summed E-state index contributed by atoms with van der Waals surface area (Å²) in [5.74, 6) is 0.818. The first-order valence-electron chi connectivity index (χ1n) is 6.14. The predicted molar refractivity (Wildman–Crippen MR) is 77.0 cm³/mol. The Morgan fingerprint density at radius 1 is 1.15 bits per heavy atom. The van der Waals surface area contributed by atoms with E-state index in [1.165, 1.54) is 10.6 Å². The second-order valence-corrected chi connectivity index (χ2v) is 4.50. The van der Waals surface area contributed by atoms with Crippen LogP contribution < -0.4 is 11.3 Å². The van der Waals surface area contributed by atoms with E-state index in [0.717, 1.165) is 5.56 Å². The molecule has 20 heavy (non-hydrogen) atoms. The van der Waals surface area contributed by atoms with E-state index in [0.29, 0.717) is 22.7 Å². The molecule has 2 aromatic heterocycles. The van der Waals surface area contributed by atoms with Gasteiger partial charge in [-0.25, -0.2) is 0 Å². The van der Waals surface area contributed by atoms with Crippen molar-refractivity contribution in [1.82, 2.24) is 9.72 Å². The van der Waals surface area contributed by atoms with Crippen LogP contribution in [0.2, 0.25) is 0 Å². The lowest BCUT2D eigenvalue weighted by Crippen LogP contribution is -2.14. The smallest absolute Gasteiger partial charge is 0.250 e. The highest BCUT2D eigenvalue weighted by atomic mass is 16.5. The number of nitrogen functional groups attached to an aromatic ring is 1. The number of aryl methyl sites for hydroxylation is 1. The minimum atomic E-state index is -0.114. The summed E-state index contributed by atoms with van der Waals surface area (Å²) in [6.07, 6.45) is 1.69. The van der Waals surface area contributed by atoms with E-state index in [4.69, 9.17) is 10.3 Å². The van der Waals surface area contributed by atoms with Gasteiger partial charge in [-0.15, -0.1) is 0 Å². The minimum absolute atomic E-state index is 0.114. The SMILES string of the molecule is Cn1ccc(-c2onc(N)c2-c2ccccc2)cc1=O. The van der Waals surface area contributed by atoms with Crippen LogP contribution in [0.5, 0.6) is 0 Å². The van der Waals surface area contributed by atoms with Gasteiger partial charge in [-0.1, -0.05) is 35.5 Å².